The van der Waals surface area contributed by atoms with Crippen LogP contribution < -0.4 is 21.7 Å². The smallest absolute Gasteiger partial charge is 0.267 e. The van der Waals surface area contributed by atoms with Crippen molar-refractivity contribution >= 4 is 11.7 Å². The highest BCUT2D eigenvalue weighted by Gasteiger charge is 2.16. The summed E-state index contributed by atoms with van der Waals surface area (Å²) in [7, 11) is 0. The number of piperidine rings is 1. The molecule has 0 saturated carbocycles. The second kappa shape index (κ2) is 8.33. The zero-order valence-electron chi connectivity index (χ0n) is 15.4. The molecular weight excluding hydrogens is 328 g/mol. The number of aromatic amines is 1. The van der Waals surface area contributed by atoms with Crippen LogP contribution >= 0.6 is 0 Å². The van der Waals surface area contributed by atoms with E-state index in [2.05, 4.69) is 32.0 Å². The number of nitrogens with two attached hydrogens (primary N) is 1. The molecule has 0 spiro atoms. The molecule has 0 aromatic carbocycles. The quantitative estimate of drug-likeness (QED) is 0.541. The van der Waals surface area contributed by atoms with Gasteiger partial charge in [-0.05, 0) is 63.0 Å². The number of nitrogens with zero attached hydrogens (tertiary/aromatic N) is 1. The fourth-order valence-electron chi connectivity index (χ4n) is 3.13. The van der Waals surface area contributed by atoms with Crippen molar-refractivity contribution < 1.29 is 4.79 Å². The molecule has 1 saturated heterocycles. The summed E-state index contributed by atoms with van der Waals surface area (Å²) >= 11 is 0. The molecule has 0 bridgehead atoms. The van der Waals surface area contributed by atoms with Crippen LogP contribution in [-0.4, -0.2) is 47.6 Å². The molecule has 2 aromatic rings. The van der Waals surface area contributed by atoms with Gasteiger partial charge in [0.15, 0.2) is 0 Å². The monoisotopic (exact) mass is 356 g/mol. The highest BCUT2D eigenvalue weighted by Crippen LogP contribution is 2.26. The van der Waals surface area contributed by atoms with Gasteiger partial charge in [0.05, 0.1) is 0 Å². The van der Waals surface area contributed by atoms with Crippen LogP contribution in [-0.2, 0) is 0 Å². The van der Waals surface area contributed by atoms with Crippen LogP contribution in [0, 0.1) is 6.92 Å². The number of rotatable bonds is 6. The lowest BCUT2D eigenvalue weighted by atomic mass is 10.0. The SMILES string of the molecule is Cc1cnc(NC2CCNCC2)cc1-c1c[nH]c(C(=O)NC(C)CN)c1. The Kier molecular flexibility index (Phi) is 5.90. The van der Waals surface area contributed by atoms with Gasteiger partial charge < -0.3 is 26.7 Å². The van der Waals surface area contributed by atoms with E-state index in [-0.39, 0.29) is 11.9 Å². The Morgan fingerprint density at radius 2 is 2.15 bits per heavy atom. The molecule has 7 heteroatoms. The van der Waals surface area contributed by atoms with E-state index < -0.39 is 0 Å². The normalized spacial score (nSPS) is 16.3. The van der Waals surface area contributed by atoms with E-state index in [1.54, 1.807) is 0 Å². The van der Waals surface area contributed by atoms with Crippen LogP contribution in [0.15, 0.2) is 24.5 Å². The van der Waals surface area contributed by atoms with Crippen molar-refractivity contribution in [3.63, 3.8) is 0 Å². The zero-order valence-corrected chi connectivity index (χ0v) is 15.4. The molecule has 1 aliphatic heterocycles. The third kappa shape index (κ3) is 4.42. The Labute approximate surface area is 154 Å². The standard InChI is InChI=1S/C19H28N6O/c1-12-10-23-18(25-15-3-5-21-6-4-15)8-16(12)14-7-17(22-11-14)19(26)24-13(2)9-20/h7-8,10-11,13,15,21-22H,3-6,9,20H2,1-2H3,(H,23,25)(H,24,26). The molecule has 1 fully saturated rings. The number of aryl methyl sites for hydroxylation is 1. The summed E-state index contributed by atoms with van der Waals surface area (Å²) in [4.78, 5) is 19.8. The van der Waals surface area contributed by atoms with Gasteiger partial charge in [-0.2, -0.15) is 0 Å². The predicted octanol–water partition coefficient (Wildman–Crippen LogP) is 1.63. The third-order valence-corrected chi connectivity index (χ3v) is 4.76. The number of hydrogen-bond acceptors (Lipinski definition) is 5. The van der Waals surface area contributed by atoms with Gasteiger partial charge in [0.1, 0.15) is 11.5 Å². The van der Waals surface area contributed by atoms with Crippen molar-refractivity contribution in [1.29, 1.82) is 0 Å². The van der Waals surface area contributed by atoms with Gasteiger partial charge >= 0.3 is 0 Å². The Morgan fingerprint density at radius 1 is 1.38 bits per heavy atom. The van der Waals surface area contributed by atoms with Crippen LogP contribution in [0.25, 0.3) is 11.1 Å². The minimum atomic E-state index is -0.144. The average molecular weight is 356 g/mol. The van der Waals surface area contributed by atoms with Crippen molar-refractivity contribution in [1.82, 2.24) is 20.6 Å². The number of anilines is 1. The van der Waals surface area contributed by atoms with Crippen LogP contribution in [0.4, 0.5) is 5.82 Å². The molecule has 1 atom stereocenters. The molecule has 6 N–H and O–H groups in total. The van der Waals surface area contributed by atoms with E-state index in [1.807, 2.05) is 32.3 Å². The van der Waals surface area contributed by atoms with Crippen molar-refractivity contribution in [2.24, 2.45) is 5.73 Å². The Bertz CT molecular complexity index is 750. The second-order valence-electron chi connectivity index (χ2n) is 6.97. The molecule has 7 nitrogen and oxygen atoms in total. The van der Waals surface area contributed by atoms with E-state index in [0.717, 1.165) is 48.4 Å². The Balaban J connectivity index is 1.76. The van der Waals surface area contributed by atoms with Crippen LogP contribution in [0.5, 0.6) is 0 Å². The molecule has 1 aliphatic rings. The third-order valence-electron chi connectivity index (χ3n) is 4.76. The van der Waals surface area contributed by atoms with Crippen molar-refractivity contribution in [2.45, 2.75) is 38.8 Å². The maximum Gasteiger partial charge on any atom is 0.267 e. The maximum atomic E-state index is 12.2. The number of carbonyl (C=O) groups excluding carboxylic acids is 1. The first kappa shape index (κ1) is 18.4. The highest BCUT2D eigenvalue weighted by atomic mass is 16.1. The van der Waals surface area contributed by atoms with E-state index >= 15 is 0 Å². The van der Waals surface area contributed by atoms with Gasteiger partial charge in [-0.15, -0.1) is 0 Å². The fraction of sp³-hybridized carbons (Fsp3) is 0.474. The van der Waals surface area contributed by atoms with Crippen molar-refractivity contribution in [2.75, 3.05) is 25.0 Å². The topological polar surface area (TPSA) is 108 Å². The lowest BCUT2D eigenvalue weighted by Gasteiger charge is -2.24. The molecule has 3 rings (SSSR count). The van der Waals surface area contributed by atoms with Gasteiger partial charge in [-0.1, -0.05) is 0 Å². The number of hydrogen-bond donors (Lipinski definition) is 5. The van der Waals surface area contributed by atoms with Crippen molar-refractivity contribution in [3.8, 4) is 11.1 Å². The molecule has 26 heavy (non-hydrogen) atoms. The van der Waals surface area contributed by atoms with E-state index in [1.165, 1.54) is 0 Å². The van der Waals surface area contributed by atoms with Gasteiger partial charge in [0, 0.05) is 36.6 Å². The number of H-pyrrole nitrogens is 1. The first-order valence-corrected chi connectivity index (χ1v) is 9.20. The molecule has 1 unspecified atom stereocenters. The first-order valence-electron chi connectivity index (χ1n) is 9.20. The van der Waals surface area contributed by atoms with Crippen LogP contribution in [0.2, 0.25) is 0 Å². The summed E-state index contributed by atoms with van der Waals surface area (Å²) in [5.41, 5.74) is 9.21. The van der Waals surface area contributed by atoms with Crippen LogP contribution in [0.3, 0.4) is 0 Å². The summed E-state index contributed by atoms with van der Waals surface area (Å²) in [6.45, 7) is 6.39. The fourth-order valence-corrected chi connectivity index (χ4v) is 3.13. The summed E-state index contributed by atoms with van der Waals surface area (Å²) in [6, 6.07) is 4.32. The zero-order chi connectivity index (χ0) is 18.5. The highest BCUT2D eigenvalue weighted by molar-refractivity contribution is 5.94. The van der Waals surface area contributed by atoms with Gasteiger partial charge in [0.25, 0.3) is 5.91 Å². The summed E-state index contributed by atoms with van der Waals surface area (Å²) in [5.74, 6) is 0.732. The van der Waals surface area contributed by atoms with Gasteiger partial charge in [-0.3, -0.25) is 4.79 Å². The van der Waals surface area contributed by atoms with Crippen LogP contribution in [0.1, 0.15) is 35.8 Å². The lowest BCUT2D eigenvalue weighted by molar-refractivity contribution is 0.0937. The molecule has 2 aromatic heterocycles. The Morgan fingerprint density at radius 3 is 2.88 bits per heavy atom. The van der Waals surface area contributed by atoms with E-state index in [0.29, 0.717) is 18.3 Å². The molecule has 0 radical (unpaired) electrons. The van der Waals surface area contributed by atoms with E-state index in [4.69, 9.17) is 5.73 Å². The minimum Gasteiger partial charge on any atom is -0.367 e. The second-order valence-corrected chi connectivity index (χ2v) is 6.97. The summed E-state index contributed by atoms with van der Waals surface area (Å²) in [5, 5.41) is 9.76. The van der Waals surface area contributed by atoms with Gasteiger partial charge in [0.2, 0.25) is 0 Å². The van der Waals surface area contributed by atoms with Crippen molar-refractivity contribution in [3.05, 3.63) is 35.8 Å². The maximum absolute atomic E-state index is 12.2. The summed E-state index contributed by atoms with van der Waals surface area (Å²) in [6.07, 6.45) is 5.93. The largest absolute Gasteiger partial charge is 0.367 e. The first-order chi connectivity index (χ1) is 12.6. The van der Waals surface area contributed by atoms with E-state index in [9.17, 15) is 4.79 Å². The summed E-state index contributed by atoms with van der Waals surface area (Å²) < 4.78 is 0. The molecule has 0 aliphatic carbocycles. The average Bonchev–Trinajstić information content (AvgIpc) is 3.14. The number of carbonyl (C=O) groups is 1. The Hall–Kier alpha value is -2.38. The predicted molar refractivity (Wildman–Crippen MR) is 104 cm³/mol. The lowest BCUT2D eigenvalue weighted by Crippen LogP contribution is -2.37. The molecule has 1 amide bonds. The van der Waals surface area contributed by atoms with Gasteiger partial charge in [-0.25, -0.2) is 4.98 Å². The molecule has 140 valence electrons. The number of amides is 1. The molecular formula is C19H28N6O. The minimum absolute atomic E-state index is 0.0577. The molecule has 3 heterocycles. The number of pyridine rings is 1. The number of aromatic nitrogens is 2. The number of nitrogens with one attached hydrogen (secondary N) is 4.